The van der Waals surface area contributed by atoms with Crippen molar-refractivity contribution in [1.29, 1.82) is 0 Å². The van der Waals surface area contributed by atoms with Crippen molar-refractivity contribution in [3.63, 3.8) is 0 Å². The van der Waals surface area contributed by atoms with E-state index in [1.165, 1.54) is 14.2 Å². The molecule has 0 rings (SSSR count). The average molecular weight is 403 g/mol. The third-order valence-corrected chi connectivity index (χ3v) is 4.33. The minimum absolute atomic E-state index is 0.147. The second-order valence-corrected chi connectivity index (χ2v) is 7.53. The summed E-state index contributed by atoms with van der Waals surface area (Å²) < 4.78 is 9.29. The zero-order chi connectivity index (χ0) is 22.3. The van der Waals surface area contributed by atoms with E-state index in [9.17, 15) is 14.4 Å². The van der Waals surface area contributed by atoms with Gasteiger partial charge in [0.1, 0.15) is 0 Å². The summed E-state index contributed by atoms with van der Waals surface area (Å²) in [6, 6.07) is 0.121. The van der Waals surface area contributed by atoms with Gasteiger partial charge in [-0.15, -0.1) is 0 Å². The number of carbonyl (C=O) groups excluding carboxylic acids is 3. The summed E-state index contributed by atoms with van der Waals surface area (Å²) in [7, 11) is 2.72. The van der Waals surface area contributed by atoms with Crippen LogP contribution >= 0.6 is 0 Å². The fraction of sp³-hybridized carbons (Fsp3) is 0.857. The minimum atomic E-state index is -0.576. The molecule has 0 aliphatic rings. The predicted molar refractivity (Wildman–Crippen MR) is 112 cm³/mol. The number of nitrogens with zero attached hydrogens (tertiary/aromatic N) is 2. The van der Waals surface area contributed by atoms with Crippen LogP contribution in [-0.2, 0) is 14.3 Å². The van der Waals surface area contributed by atoms with Crippen LogP contribution in [0.25, 0.3) is 0 Å². The highest BCUT2D eigenvalue weighted by Gasteiger charge is 2.23. The van der Waals surface area contributed by atoms with Crippen molar-refractivity contribution < 1.29 is 23.9 Å². The predicted octanol–water partition coefficient (Wildman–Crippen LogP) is 5.08. The van der Waals surface area contributed by atoms with Gasteiger partial charge in [0.05, 0.1) is 14.2 Å². The van der Waals surface area contributed by atoms with Gasteiger partial charge in [0.15, 0.2) is 0 Å². The highest BCUT2D eigenvalue weighted by molar-refractivity contribution is 5.92. The number of carbonyl (C=O) groups is 3. The van der Waals surface area contributed by atoms with Gasteiger partial charge in [-0.1, -0.05) is 27.7 Å². The molecule has 7 nitrogen and oxygen atoms in total. The van der Waals surface area contributed by atoms with E-state index in [0.29, 0.717) is 12.3 Å². The van der Waals surface area contributed by atoms with Crippen molar-refractivity contribution in [3.05, 3.63) is 0 Å². The molecular weight excluding hydrogens is 360 g/mol. The molecular formula is C21H42N2O5. The first-order valence-corrected chi connectivity index (χ1v) is 10.3. The molecule has 0 aromatic rings. The highest BCUT2D eigenvalue weighted by atomic mass is 16.5. The van der Waals surface area contributed by atoms with E-state index in [1.54, 1.807) is 13.8 Å². The second kappa shape index (κ2) is 16.2. The summed E-state index contributed by atoms with van der Waals surface area (Å²) in [5, 5.41) is 0. The van der Waals surface area contributed by atoms with Crippen LogP contribution in [0.1, 0.15) is 80.6 Å². The maximum atomic E-state index is 11.5. The van der Waals surface area contributed by atoms with Crippen molar-refractivity contribution in [2.75, 3.05) is 20.8 Å². The number of rotatable bonds is 9. The van der Waals surface area contributed by atoms with Gasteiger partial charge >= 0.3 is 12.2 Å². The number of hydrogen-bond donors (Lipinski definition) is 0. The number of hydrogen-bond acceptors (Lipinski definition) is 5. The SMILES string of the molecule is CCC(C)N(CCCC(C)C)C(=O)OC.CCCC(=O)N(C(=O)OC)C(C)C. The Morgan fingerprint density at radius 3 is 1.79 bits per heavy atom. The lowest BCUT2D eigenvalue weighted by Crippen LogP contribution is -2.41. The van der Waals surface area contributed by atoms with Crippen LogP contribution < -0.4 is 0 Å². The first kappa shape index (κ1) is 28.4. The fourth-order valence-electron chi connectivity index (χ4n) is 2.53. The Balaban J connectivity index is 0. The summed E-state index contributed by atoms with van der Waals surface area (Å²) in [6.07, 6.45) is 3.52. The fourth-order valence-corrected chi connectivity index (χ4v) is 2.53. The van der Waals surface area contributed by atoms with Crippen molar-refractivity contribution in [1.82, 2.24) is 9.80 Å². The lowest BCUT2D eigenvalue weighted by Gasteiger charge is -2.27. The molecule has 0 bridgehead atoms. The van der Waals surface area contributed by atoms with E-state index in [2.05, 4.69) is 32.4 Å². The van der Waals surface area contributed by atoms with Crippen molar-refractivity contribution in [3.8, 4) is 0 Å². The van der Waals surface area contributed by atoms with Gasteiger partial charge in [-0.25, -0.2) is 14.5 Å². The van der Waals surface area contributed by atoms with Gasteiger partial charge in [0.2, 0.25) is 5.91 Å². The Bertz CT molecular complexity index is 452. The van der Waals surface area contributed by atoms with Crippen LogP contribution in [0, 0.1) is 5.92 Å². The minimum Gasteiger partial charge on any atom is -0.453 e. The molecule has 28 heavy (non-hydrogen) atoms. The standard InChI is InChI=1S/C12H25NO2.C9H17NO3/c1-6-11(4)13(12(14)15-5)9-7-8-10(2)3;1-5-6-8(11)10(7(2)3)9(12)13-4/h10-11H,6-9H2,1-5H3;7H,5-6H2,1-4H3. The number of imide groups is 1. The Hall–Kier alpha value is -1.79. The molecule has 0 aliphatic carbocycles. The van der Waals surface area contributed by atoms with Gasteiger partial charge in [0.25, 0.3) is 0 Å². The molecule has 7 heteroatoms. The molecule has 0 saturated carbocycles. The number of methoxy groups -OCH3 is 2. The second-order valence-electron chi connectivity index (χ2n) is 7.53. The summed E-state index contributed by atoms with van der Waals surface area (Å²) in [6.45, 7) is 14.8. The zero-order valence-electron chi connectivity index (χ0n) is 19.4. The van der Waals surface area contributed by atoms with E-state index in [0.717, 1.165) is 37.1 Å². The van der Waals surface area contributed by atoms with E-state index >= 15 is 0 Å². The molecule has 1 atom stereocenters. The average Bonchev–Trinajstić information content (AvgIpc) is 2.64. The van der Waals surface area contributed by atoms with E-state index in [4.69, 9.17) is 4.74 Å². The Labute approximate surface area is 171 Å². The quantitative estimate of drug-likeness (QED) is 0.537. The van der Waals surface area contributed by atoms with E-state index < -0.39 is 6.09 Å². The zero-order valence-corrected chi connectivity index (χ0v) is 19.4. The molecule has 3 amide bonds. The first-order chi connectivity index (χ1) is 13.1. The largest absolute Gasteiger partial charge is 0.453 e. The highest BCUT2D eigenvalue weighted by Crippen LogP contribution is 2.10. The maximum absolute atomic E-state index is 11.5. The van der Waals surface area contributed by atoms with Crippen LogP contribution in [0.2, 0.25) is 0 Å². The van der Waals surface area contributed by atoms with Gasteiger partial charge < -0.3 is 14.4 Å². The van der Waals surface area contributed by atoms with E-state index in [1.807, 2.05) is 11.8 Å². The smallest absolute Gasteiger partial charge is 0.416 e. The molecule has 0 aromatic heterocycles. The number of amides is 3. The molecule has 0 spiro atoms. The topological polar surface area (TPSA) is 76.2 Å². The van der Waals surface area contributed by atoms with Crippen molar-refractivity contribution in [2.45, 2.75) is 92.7 Å². The van der Waals surface area contributed by atoms with Crippen LogP contribution in [-0.4, -0.2) is 60.7 Å². The lowest BCUT2D eigenvalue weighted by molar-refractivity contribution is -0.130. The molecule has 0 N–H and O–H groups in total. The molecule has 1 unspecified atom stereocenters. The summed E-state index contributed by atoms with van der Waals surface area (Å²) in [4.78, 5) is 37.0. The van der Waals surface area contributed by atoms with Gasteiger partial charge in [-0.2, -0.15) is 0 Å². The summed E-state index contributed by atoms with van der Waals surface area (Å²) in [5.74, 6) is 0.519. The molecule has 0 radical (unpaired) electrons. The van der Waals surface area contributed by atoms with Crippen LogP contribution in [0.15, 0.2) is 0 Å². The van der Waals surface area contributed by atoms with Crippen molar-refractivity contribution >= 4 is 18.1 Å². The van der Waals surface area contributed by atoms with Gasteiger partial charge in [-0.05, 0) is 52.4 Å². The molecule has 0 heterocycles. The summed E-state index contributed by atoms with van der Waals surface area (Å²) in [5.41, 5.74) is 0. The Morgan fingerprint density at radius 1 is 0.893 bits per heavy atom. The first-order valence-electron chi connectivity index (χ1n) is 10.3. The van der Waals surface area contributed by atoms with Crippen LogP contribution in [0.3, 0.4) is 0 Å². The molecule has 0 fully saturated rings. The Morgan fingerprint density at radius 2 is 1.43 bits per heavy atom. The third-order valence-electron chi connectivity index (χ3n) is 4.33. The monoisotopic (exact) mass is 402 g/mol. The van der Waals surface area contributed by atoms with Crippen LogP contribution in [0.4, 0.5) is 9.59 Å². The normalized spacial score (nSPS) is 11.4. The molecule has 0 aliphatic heterocycles. The van der Waals surface area contributed by atoms with E-state index in [-0.39, 0.29) is 24.1 Å². The maximum Gasteiger partial charge on any atom is 0.416 e. The summed E-state index contributed by atoms with van der Waals surface area (Å²) >= 11 is 0. The Kier molecular flexibility index (Phi) is 16.4. The third kappa shape index (κ3) is 11.8. The molecule has 166 valence electrons. The number of ether oxygens (including phenoxy) is 2. The van der Waals surface area contributed by atoms with Gasteiger partial charge in [-0.3, -0.25) is 4.79 Å². The lowest BCUT2D eigenvalue weighted by atomic mass is 10.1. The molecule has 0 aromatic carbocycles. The molecule has 0 saturated heterocycles. The van der Waals surface area contributed by atoms with Crippen molar-refractivity contribution in [2.24, 2.45) is 5.92 Å². The van der Waals surface area contributed by atoms with Gasteiger partial charge in [0, 0.05) is 25.0 Å². The van der Waals surface area contributed by atoms with Crippen LogP contribution in [0.5, 0.6) is 0 Å².